The summed E-state index contributed by atoms with van der Waals surface area (Å²) in [7, 11) is 1.56. The molecule has 1 aromatic carbocycles. The van der Waals surface area contributed by atoms with Gasteiger partial charge in [-0.25, -0.2) is 0 Å². The molecule has 0 radical (unpaired) electrons. The first-order valence-electron chi connectivity index (χ1n) is 8.57. The Kier molecular flexibility index (Phi) is 5.32. The number of hydrogen-bond acceptors (Lipinski definition) is 6. The van der Waals surface area contributed by atoms with Gasteiger partial charge in [-0.05, 0) is 43.2 Å². The largest absolute Gasteiger partial charge is 0.508 e. The van der Waals surface area contributed by atoms with Gasteiger partial charge in [0.25, 0.3) is 5.91 Å². The Balaban J connectivity index is 2.03. The molecule has 27 heavy (non-hydrogen) atoms. The number of furan rings is 1. The van der Waals surface area contributed by atoms with Gasteiger partial charge in [-0.15, -0.1) is 0 Å². The number of ketones is 1. The van der Waals surface area contributed by atoms with Gasteiger partial charge in [-0.2, -0.15) is 0 Å². The number of ether oxygens (including phenoxy) is 1. The van der Waals surface area contributed by atoms with Crippen molar-refractivity contribution in [1.29, 1.82) is 0 Å². The van der Waals surface area contributed by atoms with Crippen LogP contribution in [0.3, 0.4) is 0 Å². The van der Waals surface area contributed by atoms with Crippen molar-refractivity contribution in [1.82, 2.24) is 4.90 Å². The zero-order chi connectivity index (χ0) is 19.6. The molecule has 0 bridgehead atoms. The van der Waals surface area contributed by atoms with Gasteiger partial charge >= 0.3 is 0 Å². The number of aryl methyl sites for hydroxylation is 1. The number of aliphatic hydroxyl groups excluding tert-OH is 1. The molecule has 2 aromatic rings. The van der Waals surface area contributed by atoms with Crippen LogP contribution in [0.4, 0.5) is 0 Å². The Labute approximate surface area is 156 Å². The lowest BCUT2D eigenvalue weighted by Crippen LogP contribution is -2.32. The van der Waals surface area contributed by atoms with Gasteiger partial charge in [-0.3, -0.25) is 9.59 Å². The smallest absolute Gasteiger partial charge is 0.290 e. The molecular weight excluding hydrogens is 350 g/mol. The van der Waals surface area contributed by atoms with Gasteiger partial charge in [-0.1, -0.05) is 12.1 Å². The van der Waals surface area contributed by atoms with E-state index in [9.17, 15) is 19.8 Å². The first-order valence-corrected chi connectivity index (χ1v) is 8.57. The van der Waals surface area contributed by atoms with Gasteiger partial charge in [0.15, 0.2) is 11.5 Å². The highest BCUT2D eigenvalue weighted by Crippen LogP contribution is 2.39. The van der Waals surface area contributed by atoms with Crippen molar-refractivity contribution < 1.29 is 29.0 Å². The van der Waals surface area contributed by atoms with Crippen molar-refractivity contribution in [3.05, 3.63) is 64.8 Å². The van der Waals surface area contributed by atoms with Crippen LogP contribution in [0, 0.1) is 6.92 Å². The molecular formula is C20H21NO6. The normalized spacial score (nSPS) is 17.0. The van der Waals surface area contributed by atoms with Crippen molar-refractivity contribution in [2.45, 2.75) is 19.4 Å². The number of aliphatic hydroxyl groups is 1. The van der Waals surface area contributed by atoms with Gasteiger partial charge < -0.3 is 24.3 Å². The molecule has 0 unspecified atom stereocenters. The molecule has 0 fully saturated rings. The van der Waals surface area contributed by atoms with E-state index in [0.29, 0.717) is 30.9 Å². The average Bonchev–Trinajstić information content (AvgIpc) is 3.19. The van der Waals surface area contributed by atoms with Crippen molar-refractivity contribution in [2.24, 2.45) is 0 Å². The lowest BCUT2D eigenvalue weighted by atomic mass is 9.95. The summed E-state index contributed by atoms with van der Waals surface area (Å²) in [4.78, 5) is 27.1. The second-order valence-electron chi connectivity index (χ2n) is 6.34. The number of carbonyl (C=O) groups excluding carboxylic acids is 2. The summed E-state index contributed by atoms with van der Waals surface area (Å²) >= 11 is 0. The predicted molar refractivity (Wildman–Crippen MR) is 96.5 cm³/mol. The summed E-state index contributed by atoms with van der Waals surface area (Å²) in [5.41, 5.74) is 0.576. The summed E-state index contributed by atoms with van der Waals surface area (Å²) < 4.78 is 10.4. The first-order chi connectivity index (χ1) is 12.9. The van der Waals surface area contributed by atoms with E-state index in [1.165, 1.54) is 23.1 Å². The number of methoxy groups -OCH3 is 1. The summed E-state index contributed by atoms with van der Waals surface area (Å²) in [5, 5.41) is 20.0. The van der Waals surface area contributed by atoms with Crippen LogP contribution < -0.4 is 0 Å². The maximum Gasteiger partial charge on any atom is 0.290 e. The zero-order valence-corrected chi connectivity index (χ0v) is 15.1. The van der Waals surface area contributed by atoms with E-state index in [1.54, 1.807) is 32.2 Å². The maximum absolute atomic E-state index is 13.0. The van der Waals surface area contributed by atoms with E-state index in [-0.39, 0.29) is 17.1 Å². The number of amides is 1. The quantitative estimate of drug-likeness (QED) is 0.573. The van der Waals surface area contributed by atoms with Gasteiger partial charge in [0, 0.05) is 20.3 Å². The van der Waals surface area contributed by atoms with E-state index in [1.807, 2.05) is 0 Å². The fourth-order valence-corrected chi connectivity index (χ4v) is 3.19. The van der Waals surface area contributed by atoms with E-state index in [2.05, 4.69) is 0 Å². The molecule has 2 N–H and O–H groups in total. The van der Waals surface area contributed by atoms with Crippen LogP contribution in [-0.4, -0.2) is 47.1 Å². The minimum atomic E-state index is -0.770. The lowest BCUT2D eigenvalue weighted by Gasteiger charge is -2.26. The van der Waals surface area contributed by atoms with Crippen molar-refractivity contribution in [3.63, 3.8) is 0 Å². The Bertz CT molecular complexity index is 880. The van der Waals surface area contributed by atoms with Crippen molar-refractivity contribution in [3.8, 4) is 5.75 Å². The third-order valence-electron chi connectivity index (χ3n) is 4.47. The number of hydrogen-bond donors (Lipinski definition) is 2. The Morgan fingerprint density at radius 2 is 1.89 bits per heavy atom. The Hall–Kier alpha value is -3.06. The van der Waals surface area contributed by atoms with Gasteiger partial charge in [0.2, 0.25) is 5.78 Å². The first kappa shape index (κ1) is 18.7. The van der Waals surface area contributed by atoms with Crippen LogP contribution in [-0.2, 0) is 9.53 Å². The number of phenolic OH excluding ortho intramolecular Hbond substituents is 1. The van der Waals surface area contributed by atoms with E-state index in [4.69, 9.17) is 9.15 Å². The fourth-order valence-electron chi connectivity index (χ4n) is 3.19. The second kappa shape index (κ2) is 7.67. The van der Waals surface area contributed by atoms with Crippen LogP contribution in [0.25, 0.3) is 0 Å². The van der Waals surface area contributed by atoms with Crippen LogP contribution in [0.2, 0.25) is 0 Å². The van der Waals surface area contributed by atoms with E-state index in [0.717, 1.165) is 0 Å². The molecule has 1 aliphatic rings. The molecule has 3 rings (SSSR count). The minimum absolute atomic E-state index is 0.0301. The van der Waals surface area contributed by atoms with Crippen LogP contribution >= 0.6 is 0 Å². The lowest BCUT2D eigenvalue weighted by molar-refractivity contribution is -0.129. The maximum atomic E-state index is 13.0. The molecule has 7 nitrogen and oxygen atoms in total. The monoisotopic (exact) mass is 371 g/mol. The summed E-state index contributed by atoms with van der Waals surface area (Å²) in [6, 6.07) is 8.58. The van der Waals surface area contributed by atoms with Crippen molar-refractivity contribution in [2.75, 3.05) is 20.3 Å². The van der Waals surface area contributed by atoms with Crippen molar-refractivity contribution >= 4 is 11.7 Å². The summed E-state index contributed by atoms with van der Waals surface area (Å²) in [6.07, 6.45) is 0.547. The molecule has 0 aliphatic carbocycles. The molecule has 7 heteroatoms. The molecule has 0 saturated heterocycles. The molecule has 1 aliphatic heterocycles. The molecule has 142 valence electrons. The number of aromatic hydroxyl groups is 1. The molecule has 0 spiro atoms. The fraction of sp³-hybridized carbons (Fsp3) is 0.300. The number of Topliss-reactive ketones (excluding diaryl/α,β-unsaturated/α-hetero) is 1. The summed E-state index contributed by atoms with van der Waals surface area (Å²) in [5.74, 6) is -1.05. The number of carbonyl (C=O) groups is 2. The number of phenols is 1. The van der Waals surface area contributed by atoms with Crippen LogP contribution in [0.1, 0.15) is 34.3 Å². The highest BCUT2D eigenvalue weighted by molar-refractivity contribution is 6.15. The molecule has 2 heterocycles. The highest BCUT2D eigenvalue weighted by atomic mass is 16.5. The molecule has 0 saturated carbocycles. The SMILES string of the molecule is COCCCN1C(=O)C(O)=C(C(=O)c2ccc(C)o2)[C@H]1c1ccc(O)cc1. The number of nitrogens with zero attached hydrogens (tertiary/aromatic N) is 1. The number of rotatable bonds is 7. The van der Waals surface area contributed by atoms with Gasteiger partial charge in [0.1, 0.15) is 11.5 Å². The molecule has 1 amide bonds. The third-order valence-corrected chi connectivity index (χ3v) is 4.47. The minimum Gasteiger partial charge on any atom is -0.508 e. The average molecular weight is 371 g/mol. The van der Waals surface area contributed by atoms with E-state index < -0.39 is 23.5 Å². The second-order valence-corrected chi connectivity index (χ2v) is 6.34. The van der Waals surface area contributed by atoms with Crippen LogP contribution in [0.5, 0.6) is 5.75 Å². The Morgan fingerprint density at radius 1 is 1.19 bits per heavy atom. The van der Waals surface area contributed by atoms with Crippen LogP contribution in [0.15, 0.2) is 52.1 Å². The summed E-state index contributed by atoms with van der Waals surface area (Å²) in [6.45, 7) is 2.45. The van der Waals surface area contributed by atoms with Gasteiger partial charge in [0.05, 0.1) is 11.6 Å². The third kappa shape index (κ3) is 3.59. The highest BCUT2D eigenvalue weighted by Gasteiger charge is 2.44. The molecule has 1 aromatic heterocycles. The molecule has 1 atom stereocenters. The Morgan fingerprint density at radius 3 is 2.48 bits per heavy atom. The zero-order valence-electron chi connectivity index (χ0n) is 15.1. The van der Waals surface area contributed by atoms with E-state index >= 15 is 0 Å². The topological polar surface area (TPSA) is 100 Å². The standard InChI is InChI=1S/C20H21NO6/c1-12-4-9-15(27-12)18(23)16-17(13-5-7-14(22)8-6-13)21(10-3-11-26-2)20(25)19(16)24/h4-9,17,22,24H,3,10-11H2,1-2H3/t17-/m1/s1. The predicted octanol–water partition coefficient (Wildman–Crippen LogP) is 2.91. The number of benzene rings is 1.